The van der Waals surface area contributed by atoms with Crippen LogP contribution in [0.25, 0.3) is 22.0 Å². The first-order valence-corrected chi connectivity index (χ1v) is 11.8. The minimum absolute atomic E-state index is 0.0289. The third-order valence-corrected chi connectivity index (χ3v) is 7.07. The van der Waals surface area contributed by atoms with Crippen molar-refractivity contribution in [1.29, 1.82) is 0 Å². The lowest BCUT2D eigenvalue weighted by molar-refractivity contribution is -0.134. The van der Waals surface area contributed by atoms with Crippen LogP contribution in [0.5, 0.6) is 11.5 Å². The minimum atomic E-state index is -0.536. The highest BCUT2D eigenvalue weighted by molar-refractivity contribution is 5.90. The van der Waals surface area contributed by atoms with Crippen molar-refractivity contribution in [2.75, 3.05) is 20.8 Å². The van der Waals surface area contributed by atoms with Gasteiger partial charge in [0.2, 0.25) is 11.7 Å². The van der Waals surface area contributed by atoms with Crippen molar-refractivity contribution in [3.8, 4) is 11.5 Å². The van der Waals surface area contributed by atoms with Crippen LogP contribution in [-0.4, -0.2) is 41.1 Å². The summed E-state index contributed by atoms with van der Waals surface area (Å²) >= 11 is 0. The van der Waals surface area contributed by atoms with E-state index in [0.29, 0.717) is 34.8 Å². The van der Waals surface area contributed by atoms with Crippen molar-refractivity contribution >= 4 is 27.9 Å². The summed E-state index contributed by atoms with van der Waals surface area (Å²) in [6.45, 7) is 2.47. The molecule has 1 aliphatic rings. The molecule has 3 heterocycles. The van der Waals surface area contributed by atoms with Crippen LogP contribution in [0.3, 0.4) is 0 Å². The Morgan fingerprint density at radius 1 is 1.14 bits per heavy atom. The molecule has 182 valence electrons. The number of methoxy groups -OCH3 is 2. The van der Waals surface area contributed by atoms with Gasteiger partial charge in [0, 0.05) is 19.0 Å². The Hall–Kier alpha value is -3.81. The van der Waals surface area contributed by atoms with E-state index in [9.17, 15) is 9.59 Å². The van der Waals surface area contributed by atoms with Crippen molar-refractivity contribution < 1.29 is 18.7 Å². The van der Waals surface area contributed by atoms with E-state index in [1.54, 1.807) is 6.07 Å². The van der Waals surface area contributed by atoms with Gasteiger partial charge in [-0.2, -0.15) is 0 Å². The molecule has 2 aromatic heterocycles. The highest BCUT2D eigenvalue weighted by Gasteiger charge is 2.32. The van der Waals surface area contributed by atoms with Gasteiger partial charge in [0.15, 0.2) is 11.3 Å². The molecule has 1 amide bonds. The second-order valence-corrected chi connectivity index (χ2v) is 8.96. The van der Waals surface area contributed by atoms with Crippen LogP contribution in [-0.2, 0) is 18.3 Å². The molecule has 4 aromatic rings. The highest BCUT2D eigenvalue weighted by Crippen LogP contribution is 2.37. The minimum Gasteiger partial charge on any atom is -0.493 e. The first-order valence-electron chi connectivity index (χ1n) is 11.8. The van der Waals surface area contributed by atoms with Gasteiger partial charge in [-0.15, -0.1) is 0 Å². The number of imidazole rings is 1. The lowest BCUT2D eigenvalue weighted by atomic mass is 9.98. The molecule has 1 atom stereocenters. The quantitative estimate of drug-likeness (QED) is 0.400. The number of carbonyl (C=O) groups is 1. The number of carbonyl (C=O) groups excluding carboxylic acids is 1. The Balaban J connectivity index is 1.51. The van der Waals surface area contributed by atoms with Crippen LogP contribution < -0.4 is 15.1 Å². The molecule has 8 nitrogen and oxygen atoms in total. The van der Waals surface area contributed by atoms with Gasteiger partial charge < -0.3 is 23.4 Å². The third-order valence-electron chi connectivity index (χ3n) is 7.07. The number of benzene rings is 2. The zero-order valence-corrected chi connectivity index (χ0v) is 20.5. The number of ether oxygens (including phenoxy) is 2. The number of para-hydroxylation sites is 2. The van der Waals surface area contributed by atoms with Gasteiger partial charge in [0.05, 0.1) is 43.3 Å². The maximum absolute atomic E-state index is 13.6. The molecule has 0 saturated carbocycles. The SMILES string of the molecule is COc1ccc2c(C)c(CC(=O)N3CCCCC3c3nc4ccccc4n3C)c(=O)oc2c1OC. The molecular weight excluding hydrogens is 446 g/mol. The fourth-order valence-corrected chi connectivity index (χ4v) is 5.18. The van der Waals surface area contributed by atoms with Crippen LogP contribution in [0.2, 0.25) is 0 Å². The van der Waals surface area contributed by atoms with Gasteiger partial charge in [-0.3, -0.25) is 4.79 Å². The lowest BCUT2D eigenvalue weighted by Crippen LogP contribution is -2.41. The first kappa shape index (κ1) is 23.0. The number of aromatic nitrogens is 2. The molecule has 0 N–H and O–H groups in total. The molecule has 1 saturated heterocycles. The summed E-state index contributed by atoms with van der Waals surface area (Å²) in [5, 5.41) is 0.718. The van der Waals surface area contributed by atoms with E-state index in [1.807, 2.05) is 49.2 Å². The molecule has 1 aliphatic heterocycles. The molecule has 1 unspecified atom stereocenters. The molecule has 0 bridgehead atoms. The van der Waals surface area contributed by atoms with Gasteiger partial charge in [-0.25, -0.2) is 9.78 Å². The van der Waals surface area contributed by atoms with Crippen molar-refractivity contribution in [1.82, 2.24) is 14.5 Å². The van der Waals surface area contributed by atoms with Crippen molar-refractivity contribution in [3.63, 3.8) is 0 Å². The summed E-state index contributed by atoms with van der Waals surface area (Å²) in [5.74, 6) is 1.61. The number of nitrogens with zero attached hydrogens (tertiary/aromatic N) is 3. The molecule has 0 radical (unpaired) electrons. The van der Waals surface area contributed by atoms with Crippen LogP contribution in [0.1, 0.15) is 42.3 Å². The number of piperidine rings is 1. The van der Waals surface area contributed by atoms with Crippen molar-refractivity contribution in [3.05, 3.63) is 63.8 Å². The number of amides is 1. The summed E-state index contributed by atoms with van der Waals surface area (Å²) in [5.41, 5.74) is 2.81. The molecule has 1 fully saturated rings. The van der Waals surface area contributed by atoms with Crippen LogP contribution in [0.4, 0.5) is 0 Å². The molecule has 5 rings (SSSR count). The summed E-state index contributed by atoms with van der Waals surface area (Å²) in [7, 11) is 5.02. The summed E-state index contributed by atoms with van der Waals surface area (Å²) in [6.07, 6.45) is 2.76. The largest absolute Gasteiger partial charge is 0.493 e. The standard InChI is InChI=1S/C27H29N3O5/c1-16-17-12-13-22(33-3)25(34-4)24(17)35-27(32)18(16)15-23(31)30-14-8-7-11-21(30)26-28-19-9-5-6-10-20(19)29(26)2/h5-6,9-10,12-13,21H,7-8,11,14-15H2,1-4H3. The average Bonchev–Trinajstić information content (AvgIpc) is 3.22. The second-order valence-electron chi connectivity index (χ2n) is 8.96. The number of likely N-dealkylation sites (tertiary alicyclic amines) is 1. The smallest absolute Gasteiger partial charge is 0.340 e. The van der Waals surface area contributed by atoms with Gasteiger partial charge in [0.25, 0.3) is 0 Å². The van der Waals surface area contributed by atoms with Crippen molar-refractivity contribution in [2.45, 2.75) is 38.6 Å². The Morgan fingerprint density at radius 3 is 2.69 bits per heavy atom. The second kappa shape index (κ2) is 9.09. The van der Waals surface area contributed by atoms with E-state index in [1.165, 1.54) is 14.2 Å². The van der Waals surface area contributed by atoms with E-state index in [0.717, 1.165) is 41.5 Å². The van der Waals surface area contributed by atoms with E-state index >= 15 is 0 Å². The zero-order valence-electron chi connectivity index (χ0n) is 20.5. The van der Waals surface area contributed by atoms with Crippen LogP contribution in [0.15, 0.2) is 45.6 Å². The normalized spacial score (nSPS) is 16.1. The van der Waals surface area contributed by atoms with Crippen LogP contribution >= 0.6 is 0 Å². The van der Waals surface area contributed by atoms with E-state index in [2.05, 4.69) is 4.57 Å². The van der Waals surface area contributed by atoms with Crippen molar-refractivity contribution in [2.24, 2.45) is 7.05 Å². The topological polar surface area (TPSA) is 86.8 Å². The van der Waals surface area contributed by atoms with Crippen LogP contribution in [0, 0.1) is 6.92 Å². The zero-order chi connectivity index (χ0) is 24.7. The fourth-order valence-electron chi connectivity index (χ4n) is 5.18. The third kappa shape index (κ3) is 3.83. The van der Waals surface area contributed by atoms with Gasteiger partial charge in [-0.1, -0.05) is 12.1 Å². The Kier molecular flexibility index (Phi) is 5.96. The Bertz CT molecular complexity index is 1490. The summed E-state index contributed by atoms with van der Waals surface area (Å²) in [6, 6.07) is 11.4. The lowest BCUT2D eigenvalue weighted by Gasteiger charge is -2.35. The van der Waals surface area contributed by atoms with E-state index < -0.39 is 5.63 Å². The Morgan fingerprint density at radius 2 is 1.94 bits per heavy atom. The van der Waals surface area contributed by atoms with Gasteiger partial charge in [0.1, 0.15) is 5.82 Å². The summed E-state index contributed by atoms with van der Waals surface area (Å²) < 4.78 is 18.5. The number of hydrogen-bond acceptors (Lipinski definition) is 6. The first-order chi connectivity index (χ1) is 16.9. The average molecular weight is 476 g/mol. The maximum atomic E-state index is 13.6. The Labute approximate surface area is 203 Å². The van der Waals surface area contributed by atoms with Gasteiger partial charge in [-0.05, 0) is 56.0 Å². The van der Waals surface area contributed by atoms with Gasteiger partial charge >= 0.3 is 5.63 Å². The highest BCUT2D eigenvalue weighted by atomic mass is 16.5. The molecular formula is C27H29N3O5. The summed E-state index contributed by atoms with van der Waals surface area (Å²) in [4.78, 5) is 33.3. The molecule has 2 aromatic carbocycles. The number of fused-ring (bicyclic) bond motifs is 2. The van der Waals surface area contributed by atoms with E-state index in [4.69, 9.17) is 18.9 Å². The molecule has 8 heteroatoms. The fraction of sp³-hybridized carbons (Fsp3) is 0.370. The number of aryl methyl sites for hydroxylation is 2. The number of hydrogen-bond donors (Lipinski definition) is 0. The predicted octanol–water partition coefficient (Wildman–Crippen LogP) is 4.30. The molecule has 0 aliphatic carbocycles. The maximum Gasteiger partial charge on any atom is 0.340 e. The number of rotatable bonds is 5. The monoisotopic (exact) mass is 475 g/mol. The molecule has 35 heavy (non-hydrogen) atoms. The predicted molar refractivity (Wildman–Crippen MR) is 133 cm³/mol. The molecule has 0 spiro atoms. The van der Waals surface area contributed by atoms with E-state index in [-0.39, 0.29) is 18.4 Å².